The Morgan fingerprint density at radius 2 is 0.533 bits per heavy atom. The summed E-state index contributed by atoms with van der Waals surface area (Å²) >= 11 is 0. The van der Waals surface area contributed by atoms with E-state index in [0.717, 1.165) is 0 Å². The van der Waals surface area contributed by atoms with Gasteiger partial charge in [-0.1, -0.05) is 54.6 Å². The SMILES string of the molecule is O=P(O)(O)c1ccccc1.O=P(O)(O)c1ccccc1.O=P(O)(O)c1ccccc1. The van der Waals surface area contributed by atoms with Crippen molar-refractivity contribution >= 4 is 38.7 Å². The summed E-state index contributed by atoms with van der Waals surface area (Å²) in [5.41, 5.74) is 0. The van der Waals surface area contributed by atoms with Crippen molar-refractivity contribution in [2.45, 2.75) is 0 Å². The van der Waals surface area contributed by atoms with E-state index in [1.807, 2.05) is 0 Å². The summed E-state index contributed by atoms with van der Waals surface area (Å²) in [6.07, 6.45) is 0. The first-order chi connectivity index (χ1) is 13.8. The summed E-state index contributed by atoms with van der Waals surface area (Å²) in [4.78, 5) is 51.6. The van der Waals surface area contributed by atoms with E-state index in [9.17, 15) is 13.7 Å². The predicted molar refractivity (Wildman–Crippen MR) is 114 cm³/mol. The molecule has 3 aromatic rings. The Bertz CT molecular complexity index is 890. The average molecular weight is 474 g/mol. The van der Waals surface area contributed by atoms with E-state index < -0.39 is 22.8 Å². The molecular weight excluding hydrogens is 453 g/mol. The Morgan fingerprint density at radius 3 is 0.633 bits per heavy atom. The van der Waals surface area contributed by atoms with Gasteiger partial charge in [0.2, 0.25) is 0 Å². The first kappa shape index (κ1) is 26.1. The highest BCUT2D eigenvalue weighted by atomic mass is 31.2. The Kier molecular flexibility index (Phi) is 10.0. The highest BCUT2D eigenvalue weighted by molar-refractivity contribution is 7.60. The summed E-state index contributed by atoms with van der Waals surface area (Å²) < 4.78 is 31.6. The monoisotopic (exact) mass is 474 g/mol. The van der Waals surface area contributed by atoms with Crippen molar-refractivity contribution in [3.8, 4) is 0 Å². The van der Waals surface area contributed by atoms with Crippen LogP contribution in [0, 0.1) is 0 Å². The standard InChI is InChI=1S/3C6H7O3P/c3*7-10(8,9)6-4-2-1-3-5-6/h3*1-5H,(H2,7,8,9). The molecule has 0 amide bonds. The lowest BCUT2D eigenvalue weighted by Crippen LogP contribution is -2.01. The second-order valence-corrected chi connectivity index (χ2v) is 10.5. The van der Waals surface area contributed by atoms with Gasteiger partial charge in [-0.05, 0) is 36.4 Å². The average Bonchev–Trinajstić information content (AvgIpc) is 2.69. The van der Waals surface area contributed by atoms with E-state index in [1.165, 1.54) is 36.4 Å². The van der Waals surface area contributed by atoms with Gasteiger partial charge in [0.15, 0.2) is 0 Å². The molecule has 3 aromatic carbocycles. The molecule has 0 saturated heterocycles. The third kappa shape index (κ3) is 10.2. The van der Waals surface area contributed by atoms with Gasteiger partial charge in [-0.25, -0.2) is 0 Å². The molecule has 0 aromatic heterocycles. The van der Waals surface area contributed by atoms with Crippen molar-refractivity contribution in [2.24, 2.45) is 0 Å². The number of hydrogen-bond acceptors (Lipinski definition) is 3. The van der Waals surface area contributed by atoms with Crippen LogP contribution in [0.15, 0.2) is 91.0 Å². The Hall–Kier alpha value is -1.89. The zero-order chi connectivity index (χ0) is 22.8. The molecule has 6 N–H and O–H groups in total. The Labute approximate surface area is 173 Å². The molecule has 0 bridgehead atoms. The largest absolute Gasteiger partial charge is 0.356 e. The van der Waals surface area contributed by atoms with Crippen LogP contribution in [0.4, 0.5) is 0 Å². The summed E-state index contributed by atoms with van der Waals surface area (Å²) in [5.74, 6) is 0. The molecule has 0 unspecified atom stereocenters. The minimum Gasteiger partial charge on any atom is -0.321 e. The lowest BCUT2D eigenvalue weighted by atomic mass is 10.4. The van der Waals surface area contributed by atoms with Gasteiger partial charge in [-0.15, -0.1) is 0 Å². The summed E-state index contributed by atoms with van der Waals surface area (Å²) in [5, 5.41) is 0.194. The van der Waals surface area contributed by atoms with Crippen LogP contribution in [0.25, 0.3) is 0 Å². The van der Waals surface area contributed by atoms with E-state index in [-0.39, 0.29) is 15.9 Å². The van der Waals surface area contributed by atoms with Gasteiger partial charge in [0, 0.05) is 0 Å². The zero-order valence-corrected chi connectivity index (χ0v) is 18.1. The maximum atomic E-state index is 10.5. The van der Waals surface area contributed by atoms with Crippen molar-refractivity contribution in [2.75, 3.05) is 0 Å². The van der Waals surface area contributed by atoms with Gasteiger partial charge in [-0.3, -0.25) is 13.7 Å². The van der Waals surface area contributed by atoms with Crippen LogP contribution < -0.4 is 15.9 Å². The van der Waals surface area contributed by atoms with Gasteiger partial charge in [0.1, 0.15) is 0 Å². The van der Waals surface area contributed by atoms with E-state index in [2.05, 4.69) is 0 Å². The van der Waals surface area contributed by atoms with Crippen molar-refractivity contribution < 1.29 is 43.1 Å². The first-order valence-electron chi connectivity index (χ1n) is 8.15. The minimum atomic E-state index is -4.02. The molecule has 0 saturated carbocycles. The zero-order valence-electron chi connectivity index (χ0n) is 15.4. The van der Waals surface area contributed by atoms with E-state index in [4.69, 9.17) is 29.4 Å². The van der Waals surface area contributed by atoms with Crippen LogP contribution in [0.3, 0.4) is 0 Å². The third-order valence-corrected chi connectivity index (χ3v) is 6.19. The van der Waals surface area contributed by atoms with E-state index in [1.54, 1.807) is 54.6 Å². The molecule has 0 spiro atoms. The smallest absolute Gasteiger partial charge is 0.321 e. The molecule has 12 heteroatoms. The second kappa shape index (κ2) is 11.5. The number of rotatable bonds is 3. The van der Waals surface area contributed by atoms with Crippen LogP contribution >= 0.6 is 22.8 Å². The summed E-state index contributed by atoms with van der Waals surface area (Å²) in [6.45, 7) is 0. The Balaban J connectivity index is 0.000000225. The fraction of sp³-hybridized carbons (Fsp3) is 0. The maximum Gasteiger partial charge on any atom is 0.356 e. The van der Waals surface area contributed by atoms with Crippen LogP contribution in [-0.4, -0.2) is 29.4 Å². The van der Waals surface area contributed by atoms with Gasteiger partial charge in [0.05, 0.1) is 15.9 Å². The van der Waals surface area contributed by atoms with E-state index in [0.29, 0.717) is 0 Å². The third-order valence-electron chi connectivity index (χ3n) is 3.28. The quantitative estimate of drug-likeness (QED) is 0.307. The molecule has 162 valence electrons. The molecule has 3 rings (SSSR count). The first-order valence-corrected chi connectivity index (χ1v) is 13.0. The molecule has 0 aliphatic rings. The molecule has 0 radical (unpaired) electrons. The van der Waals surface area contributed by atoms with Crippen molar-refractivity contribution in [3.63, 3.8) is 0 Å². The van der Waals surface area contributed by atoms with Gasteiger partial charge in [0.25, 0.3) is 0 Å². The van der Waals surface area contributed by atoms with Crippen LogP contribution in [-0.2, 0) is 13.7 Å². The highest BCUT2D eigenvalue weighted by Crippen LogP contribution is 2.33. The van der Waals surface area contributed by atoms with E-state index >= 15 is 0 Å². The number of hydrogen-bond donors (Lipinski definition) is 6. The highest BCUT2D eigenvalue weighted by Gasteiger charge is 2.16. The van der Waals surface area contributed by atoms with Crippen LogP contribution in [0.5, 0.6) is 0 Å². The summed E-state index contributed by atoms with van der Waals surface area (Å²) in [7, 11) is -12.1. The Morgan fingerprint density at radius 1 is 0.367 bits per heavy atom. The normalized spacial score (nSPS) is 11.4. The van der Waals surface area contributed by atoms with Gasteiger partial charge < -0.3 is 29.4 Å². The lowest BCUT2D eigenvalue weighted by molar-refractivity contribution is 0.385. The van der Waals surface area contributed by atoms with Crippen molar-refractivity contribution in [3.05, 3.63) is 91.0 Å². The molecule has 9 nitrogen and oxygen atoms in total. The van der Waals surface area contributed by atoms with Crippen molar-refractivity contribution in [1.29, 1.82) is 0 Å². The van der Waals surface area contributed by atoms with Gasteiger partial charge in [-0.2, -0.15) is 0 Å². The maximum absolute atomic E-state index is 10.5. The molecular formula is C18H21O9P3. The van der Waals surface area contributed by atoms with Gasteiger partial charge >= 0.3 is 22.8 Å². The second-order valence-electron chi connectivity index (χ2n) is 5.64. The molecule has 30 heavy (non-hydrogen) atoms. The predicted octanol–water partition coefficient (Wildman–Crippen LogP) is 1.47. The lowest BCUT2D eigenvalue weighted by Gasteiger charge is -2.00. The molecule has 0 aliphatic carbocycles. The summed E-state index contributed by atoms with van der Waals surface area (Å²) in [6, 6.07) is 23.1. The van der Waals surface area contributed by atoms with Crippen molar-refractivity contribution in [1.82, 2.24) is 0 Å². The fourth-order valence-electron chi connectivity index (χ4n) is 1.87. The molecule has 0 aliphatic heterocycles. The molecule has 0 atom stereocenters. The molecule has 0 heterocycles. The van der Waals surface area contributed by atoms with Crippen LogP contribution in [0.1, 0.15) is 0 Å². The topological polar surface area (TPSA) is 173 Å². The number of benzene rings is 3. The fourth-order valence-corrected chi connectivity index (χ4v) is 3.55. The molecule has 0 fully saturated rings. The van der Waals surface area contributed by atoms with Crippen LogP contribution in [0.2, 0.25) is 0 Å². The minimum absolute atomic E-state index is 0.0648.